The van der Waals surface area contributed by atoms with Gasteiger partial charge < -0.3 is 9.90 Å². The van der Waals surface area contributed by atoms with Crippen LogP contribution in [0.5, 0.6) is 0 Å². The van der Waals surface area contributed by atoms with Gasteiger partial charge in [-0.2, -0.15) is 0 Å². The lowest BCUT2D eigenvalue weighted by Crippen LogP contribution is -1.84. The lowest BCUT2D eigenvalue weighted by molar-refractivity contribution is -0.131. The van der Waals surface area contributed by atoms with Crippen LogP contribution in [0.25, 0.3) is 0 Å². The summed E-state index contributed by atoms with van der Waals surface area (Å²) in [7, 11) is 0. The van der Waals surface area contributed by atoms with Crippen molar-refractivity contribution in [1.29, 1.82) is 0 Å². The third-order valence-electron chi connectivity index (χ3n) is 2.18. The topological polar surface area (TPSA) is 54.4 Å². The predicted molar refractivity (Wildman–Crippen MR) is 64.3 cm³/mol. The fourth-order valence-corrected chi connectivity index (χ4v) is 1.33. The molecule has 0 heterocycles. The number of carboxylic acids is 1. The van der Waals surface area contributed by atoms with Gasteiger partial charge in [0.05, 0.1) is 0 Å². The van der Waals surface area contributed by atoms with Crippen molar-refractivity contribution in [3.63, 3.8) is 0 Å². The van der Waals surface area contributed by atoms with Crippen LogP contribution in [0.15, 0.2) is 24.3 Å². The van der Waals surface area contributed by atoms with Crippen LogP contribution in [-0.2, 0) is 9.59 Å². The van der Waals surface area contributed by atoms with Gasteiger partial charge in [0.2, 0.25) is 0 Å². The molecular weight excluding hydrogens is 204 g/mol. The number of rotatable bonds is 10. The van der Waals surface area contributed by atoms with Gasteiger partial charge in [-0.15, -0.1) is 0 Å². The summed E-state index contributed by atoms with van der Waals surface area (Å²) in [6.07, 6.45) is 14.6. The van der Waals surface area contributed by atoms with E-state index in [1.54, 1.807) is 6.08 Å². The molecule has 0 saturated carbocycles. The van der Waals surface area contributed by atoms with Gasteiger partial charge >= 0.3 is 5.97 Å². The standard InChI is InChI=1S/C13H20O3/c14-12-10-8-6-4-2-1-3-5-7-9-11-13(15)16/h5,7,9,11-12H,1-4,6,8,10H2,(H,15,16). The average molecular weight is 224 g/mol. The van der Waals surface area contributed by atoms with Crippen molar-refractivity contribution in [2.45, 2.75) is 44.9 Å². The molecule has 3 heteroatoms. The molecule has 0 amide bonds. The first-order valence-electron chi connectivity index (χ1n) is 5.77. The molecule has 0 spiro atoms. The Morgan fingerprint density at radius 3 is 2.19 bits per heavy atom. The number of aliphatic carboxylic acids is 1. The smallest absolute Gasteiger partial charge is 0.328 e. The van der Waals surface area contributed by atoms with E-state index in [4.69, 9.17) is 5.11 Å². The Morgan fingerprint density at radius 1 is 0.938 bits per heavy atom. The third kappa shape index (κ3) is 12.6. The van der Waals surface area contributed by atoms with Gasteiger partial charge in [0.1, 0.15) is 6.29 Å². The van der Waals surface area contributed by atoms with Crippen LogP contribution >= 0.6 is 0 Å². The van der Waals surface area contributed by atoms with Gasteiger partial charge in [-0.1, -0.05) is 37.5 Å². The molecule has 0 unspecified atom stereocenters. The quantitative estimate of drug-likeness (QED) is 0.268. The molecule has 90 valence electrons. The molecule has 1 N–H and O–H groups in total. The fourth-order valence-electron chi connectivity index (χ4n) is 1.33. The maximum absolute atomic E-state index is 10.1. The van der Waals surface area contributed by atoms with Crippen molar-refractivity contribution in [3.05, 3.63) is 24.3 Å². The monoisotopic (exact) mass is 224 g/mol. The molecule has 0 aliphatic heterocycles. The van der Waals surface area contributed by atoms with Crippen LogP contribution in [0.2, 0.25) is 0 Å². The van der Waals surface area contributed by atoms with Crippen LogP contribution in [0.4, 0.5) is 0 Å². The molecule has 0 radical (unpaired) electrons. The first-order chi connectivity index (χ1) is 7.77. The zero-order chi connectivity index (χ0) is 12.1. The van der Waals surface area contributed by atoms with E-state index in [0.717, 1.165) is 38.0 Å². The number of carbonyl (C=O) groups excluding carboxylic acids is 1. The van der Waals surface area contributed by atoms with E-state index in [-0.39, 0.29) is 0 Å². The summed E-state index contributed by atoms with van der Waals surface area (Å²) in [6.45, 7) is 0. The van der Waals surface area contributed by atoms with Crippen molar-refractivity contribution in [3.8, 4) is 0 Å². The zero-order valence-corrected chi connectivity index (χ0v) is 9.60. The lowest BCUT2D eigenvalue weighted by atomic mass is 10.1. The van der Waals surface area contributed by atoms with Crippen molar-refractivity contribution in [1.82, 2.24) is 0 Å². The van der Waals surface area contributed by atoms with E-state index < -0.39 is 5.97 Å². The summed E-state index contributed by atoms with van der Waals surface area (Å²) < 4.78 is 0. The Kier molecular flexibility index (Phi) is 10.7. The van der Waals surface area contributed by atoms with E-state index in [1.807, 2.05) is 6.08 Å². The summed E-state index contributed by atoms with van der Waals surface area (Å²) in [4.78, 5) is 20.1. The van der Waals surface area contributed by atoms with Gasteiger partial charge in [0, 0.05) is 12.5 Å². The summed E-state index contributed by atoms with van der Waals surface area (Å²) in [5.74, 6) is -0.917. The third-order valence-corrected chi connectivity index (χ3v) is 2.18. The number of unbranched alkanes of at least 4 members (excludes halogenated alkanes) is 6. The van der Waals surface area contributed by atoms with Gasteiger partial charge in [-0.25, -0.2) is 4.79 Å². The summed E-state index contributed by atoms with van der Waals surface area (Å²) >= 11 is 0. The minimum absolute atomic E-state index is 0.680. The lowest BCUT2D eigenvalue weighted by Gasteiger charge is -1.96. The van der Waals surface area contributed by atoms with Gasteiger partial charge in [0.15, 0.2) is 0 Å². The van der Waals surface area contributed by atoms with E-state index in [9.17, 15) is 9.59 Å². The Hall–Kier alpha value is -1.38. The zero-order valence-electron chi connectivity index (χ0n) is 9.60. The first kappa shape index (κ1) is 14.6. The molecule has 0 rings (SSSR count). The van der Waals surface area contributed by atoms with Crippen molar-refractivity contribution < 1.29 is 14.7 Å². The molecule has 0 aromatic carbocycles. The van der Waals surface area contributed by atoms with E-state index in [2.05, 4.69) is 0 Å². The fraction of sp³-hybridized carbons (Fsp3) is 0.538. The van der Waals surface area contributed by atoms with Gasteiger partial charge in [-0.05, 0) is 19.3 Å². The molecule has 16 heavy (non-hydrogen) atoms. The summed E-state index contributed by atoms with van der Waals surface area (Å²) in [6, 6.07) is 0. The predicted octanol–water partition coefficient (Wildman–Crippen LogP) is 3.11. The number of carboxylic acid groups (broad SMARTS) is 1. The molecule has 0 fully saturated rings. The highest BCUT2D eigenvalue weighted by Crippen LogP contribution is 2.06. The van der Waals surface area contributed by atoms with Crippen molar-refractivity contribution >= 4 is 12.3 Å². The van der Waals surface area contributed by atoms with E-state index in [0.29, 0.717) is 6.42 Å². The number of hydrogen-bond donors (Lipinski definition) is 1. The Bertz CT molecular complexity index is 242. The van der Waals surface area contributed by atoms with Crippen molar-refractivity contribution in [2.75, 3.05) is 0 Å². The van der Waals surface area contributed by atoms with Gasteiger partial charge in [-0.3, -0.25) is 0 Å². The molecule has 0 aliphatic carbocycles. The molecule has 0 aromatic rings. The van der Waals surface area contributed by atoms with Gasteiger partial charge in [0.25, 0.3) is 0 Å². The van der Waals surface area contributed by atoms with Crippen LogP contribution in [0.1, 0.15) is 44.9 Å². The minimum Gasteiger partial charge on any atom is -0.478 e. The Morgan fingerprint density at radius 2 is 1.56 bits per heavy atom. The Balaban J connectivity index is 3.20. The largest absolute Gasteiger partial charge is 0.478 e. The first-order valence-corrected chi connectivity index (χ1v) is 5.77. The van der Waals surface area contributed by atoms with Crippen LogP contribution in [0.3, 0.4) is 0 Å². The molecule has 0 atom stereocenters. The van der Waals surface area contributed by atoms with Crippen LogP contribution < -0.4 is 0 Å². The summed E-state index contributed by atoms with van der Waals surface area (Å²) in [5, 5.41) is 8.31. The van der Waals surface area contributed by atoms with E-state index in [1.165, 1.54) is 18.9 Å². The number of aldehydes is 1. The normalized spacial score (nSPS) is 11.2. The molecular formula is C13H20O3. The van der Waals surface area contributed by atoms with Crippen LogP contribution in [-0.4, -0.2) is 17.4 Å². The molecule has 0 bridgehead atoms. The van der Waals surface area contributed by atoms with E-state index >= 15 is 0 Å². The maximum atomic E-state index is 10.1. The molecule has 3 nitrogen and oxygen atoms in total. The SMILES string of the molecule is O=CCCCCCCCC=CC=CC(=O)O. The summed E-state index contributed by atoms with van der Waals surface area (Å²) in [5.41, 5.74) is 0. The maximum Gasteiger partial charge on any atom is 0.328 e. The van der Waals surface area contributed by atoms with Crippen LogP contribution in [0, 0.1) is 0 Å². The second kappa shape index (κ2) is 11.7. The number of allylic oxidation sites excluding steroid dienone is 3. The second-order valence-corrected chi connectivity index (χ2v) is 3.64. The Labute approximate surface area is 96.9 Å². The molecule has 0 aromatic heterocycles. The highest BCUT2D eigenvalue weighted by Gasteiger charge is 1.89. The van der Waals surface area contributed by atoms with Crippen molar-refractivity contribution in [2.24, 2.45) is 0 Å². The molecule has 0 saturated heterocycles. The minimum atomic E-state index is -0.917. The number of hydrogen-bond acceptors (Lipinski definition) is 2. The molecule has 0 aliphatic rings. The average Bonchev–Trinajstić information content (AvgIpc) is 2.25. The second-order valence-electron chi connectivity index (χ2n) is 3.64. The number of carbonyl (C=O) groups is 2. The highest BCUT2D eigenvalue weighted by atomic mass is 16.4. The highest BCUT2D eigenvalue weighted by molar-refractivity contribution is 5.80.